The van der Waals surface area contributed by atoms with Crippen molar-refractivity contribution in [1.29, 1.82) is 0 Å². The van der Waals surface area contributed by atoms with E-state index in [1.54, 1.807) is 64.0 Å². The summed E-state index contributed by atoms with van der Waals surface area (Å²) in [4.78, 5) is 1.94. The normalized spacial score (nSPS) is 15.8. The van der Waals surface area contributed by atoms with Crippen LogP contribution in [0.5, 0.6) is 0 Å². The molecule has 0 aromatic rings. The van der Waals surface area contributed by atoms with Crippen LogP contribution < -0.4 is 5.32 Å². The number of nitrogens with zero attached hydrogens (tertiary/aromatic N) is 1. The van der Waals surface area contributed by atoms with Gasteiger partial charge in [-0.05, 0) is 25.7 Å². The fourth-order valence-corrected chi connectivity index (χ4v) is 8.93. The van der Waals surface area contributed by atoms with Crippen LogP contribution in [0, 0.1) is 0 Å². The van der Waals surface area contributed by atoms with Gasteiger partial charge in [-0.2, -0.15) is 0 Å². The highest BCUT2D eigenvalue weighted by atomic mass is 32.3. The molecule has 0 rings (SSSR count). The van der Waals surface area contributed by atoms with E-state index in [9.17, 15) is 15.3 Å². The number of unbranched alkanes of at least 4 members (excludes halogenated alkanes) is 1. The van der Waals surface area contributed by atoms with Crippen molar-refractivity contribution in [1.82, 2.24) is 10.2 Å². The van der Waals surface area contributed by atoms with Gasteiger partial charge in [0.1, 0.15) is 0 Å². The number of aliphatic hydroxyl groups excluding tert-OH is 3. The summed E-state index contributed by atoms with van der Waals surface area (Å²) in [6.07, 6.45) is 0.563. The number of rotatable bonds is 37. The van der Waals surface area contributed by atoms with Gasteiger partial charge in [0, 0.05) is 69.8 Å². The van der Waals surface area contributed by atoms with Gasteiger partial charge >= 0.3 is 0 Å². The van der Waals surface area contributed by atoms with Crippen LogP contribution in [0.4, 0.5) is 0 Å². The first-order valence-corrected chi connectivity index (χ1v) is 21.4. The van der Waals surface area contributed by atoms with Gasteiger partial charge in [-0.25, -0.2) is 0 Å². The number of hydrogen-bond acceptors (Lipinski definition) is 17. The first-order valence-electron chi connectivity index (χ1n) is 16.7. The van der Waals surface area contributed by atoms with E-state index in [2.05, 4.69) is 5.32 Å². The highest BCUT2D eigenvalue weighted by molar-refractivity contribution is 8.22. The van der Waals surface area contributed by atoms with E-state index >= 15 is 0 Å². The van der Waals surface area contributed by atoms with Crippen molar-refractivity contribution in [2.45, 2.75) is 44.0 Å². The molecule has 0 fully saturated rings. The molecule has 308 valence electrons. The van der Waals surface area contributed by atoms with E-state index in [1.165, 1.54) is 0 Å². The highest BCUT2D eigenvalue weighted by Crippen LogP contribution is 2.51. The Kier molecular flexibility index (Phi) is 30.9. The predicted octanol–water partition coefficient (Wildman–Crippen LogP) is 2.04. The molecule has 0 aliphatic heterocycles. The van der Waals surface area contributed by atoms with Gasteiger partial charge in [-0.3, -0.25) is 42.5 Å². The monoisotopic (exact) mass is 794 g/mol. The average Bonchev–Trinajstić information content (AvgIpc) is 3.13. The summed E-state index contributed by atoms with van der Waals surface area (Å²) in [5.41, 5.74) is 0. The summed E-state index contributed by atoms with van der Waals surface area (Å²) in [6.45, 7) is 3.63. The number of aliphatic hydroxyl groups is 3. The molecular weight excluding hydrogens is 725 g/mol. The van der Waals surface area contributed by atoms with Crippen LogP contribution in [0.25, 0.3) is 0 Å². The first kappa shape index (κ1) is 50.4. The van der Waals surface area contributed by atoms with Gasteiger partial charge in [0.05, 0.1) is 135 Å². The van der Waals surface area contributed by atoms with Crippen LogP contribution in [0.1, 0.15) is 25.7 Å². The Labute approximate surface area is 306 Å². The summed E-state index contributed by atoms with van der Waals surface area (Å²) >= 11 is 0. The zero-order chi connectivity index (χ0) is 37.7. The van der Waals surface area contributed by atoms with Crippen molar-refractivity contribution < 1.29 is 67.2 Å². The van der Waals surface area contributed by atoms with Gasteiger partial charge in [0.2, 0.25) is 0 Å². The molecule has 0 bridgehead atoms. The van der Waals surface area contributed by atoms with E-state index in [0.717, 1.165) is 12.8 Å². The van der Waals surface area contributed by atoms with Crippen LogP contribution in [-0.2, 0) is 51.9 Å². The van der Waals surface area contributed by atoms with E-state index in [-0.39, 0.29) is 32.9 Å². The molecule has 0 spiro atoms. The van der Waals surface area contributed by atoms with Crippen molar-refractivity contribution >= 4 is 32.6 Å². The summed E-state index contributed by atoms with van der Waals surface area (Å²) < 4.78 is 65.4. The first-order chi connectivity index (χ1) is 24.0. The third-order valence-electron chi connectivity index (χ3n) is 7.44. The Hall–Kier alpha value is 0.370. The maximum absolute atomic E-state index is 10.7. The van der Waals surface area contributed by atoms with E-state index in [0.29, 0.717) is 69.6 Å². The second-order valence-electron chi connectivity index (χ2n) is 10.8. The fourth-order valence-electron chi connectivity index (χ4n) is 4.70. The highest BCUT2D eigenvalue weighted by Gasteiger charge is 2.24. The second kappa shape index (κ2) is 30.7. The smallest absolute Gasteiger partial charge is 0.0900 e. The summed E-state index contributed by atoms with van der Waals surface area (Å²) in [6, 6.07) is 0. The quantitative estimate of drug-likeness (QED) is 0.0669. The Morgan fingerprint density at radius 3 is 1.20 bits per heavy atom. The van der Waals surface area contributed by atoms with Crippen LogP contribution >= 0.6 is 32.6 Å². The Balaban J connectivity index is 4.73. The van der Waals surface area contributed by atoms with Crippen LogP contribution in [0.3, 0.4) is 0 Å². The predicted molar refractivity (Wildman–Crippen MR) is 199 cm³/mol. The topological polar surface area (TPSA) is 187 Å². The van der Waals surface area contributed by atoms with Crippen LogP contribution in [0.2, 0.25) is 0 Å². The minimum Gasteiger partial charge on any atom is -0.389 e. The van der Waals surface area contributed by atoms with Crippen molar-refractivity contribution in [3.05, 3.63) is 0 Å². The maximum atomic E-state index is 10.7. The van der Waals surface area contributed by atoms with Crippen molar-refractivity contribution in [2.24, 2.45) is 0 Å². The van der Waals surface area contributed by atoms with Gasteiger partial charge in [0.15, 0.2) is 0 Å². The molecule has 50 heavy (non-hydrogen) atoms. The lowest BCUT2D eigenvalue weighted by Gasteiger charge is -2.33. The fraction of sp³-hybridized carbons (Fsp3) is 1.00. The molecule has 20 heteroatoms. The SMILES string of the molecule is COS(CCCCOCC(O)CN(CCNCC(O)COCCCS(OC)(OC)OC)CC(O)COCCCS(OC)(OC)OC)(OC)OC. The summed E-state index contributed by atoms with van der Waals surface area (Å²) in [5, 5.41) is 35.1. The van der Waals surface area contributed by atoms with Crippen molar-refractivity contribution in [3.8, 4) is 0 Å². The third-order valence-corrected chi connectivity index (χ3v) is 14.4. The maximum Gasteiger partial charge on any atom is 0.0900 e. The van der Waals surface area contributed by atoms with Gasteiger partial charge in [-0.1, -0.05) is 0 Å². The number of nitrogens with one attached hydrogen (secondary N) is 1. The molecule has 4 N–H and O–H groups in total. The standard InChI is InChI=1S/C30H70N2O15S3/c1-36-48(37-2,38-3)19-11-10-16-45-26-29(34)23-32(24-30(35)27-47-18-13-21-50(42-7,43-8)44-9)15-14-31-22-28(33)25-46-17-12-20-49(39-4,40-5)41-6/h28-31,33-35H,10-27H2,1-9H3. The zero-order valence-electron chi connectivity index (χ0n) is 31.9. The lowest BCUT2D eigenvalue weighted by molar-refractivity contribution is -0.0104. The van der Waals surface area contributed by atoms with Crippen molar-refractivity contribution in [3.63, 3.8) is 0 Å². The van der Waals surface area contributed by atoms with E-state index in [4.69, 9.17) is 51.9 Å². The lowest BCUT2D eigenvalue weighted by Crippen LogP contribution is -2.44. The molecule has 0 aliphatic carbocycles. The third kappa shape index (κ3) is 21.9. The molecule has 0 saturated heterocycles. The second-order valence-corrected chi connectivity index (χ2v) is 18.4. The van der Waals surface area contributed by atoms with Crippen molar-refractivity contribution in [2.75, 3.05) is 154 Å². The molecule has 0 heterocycles. The summed E-state index contributed by atoms with van der Waals surface area (Å²) in [5.74, 6) is 1.72. The lowest BCUT2D eigenvalue weighted by atomic mass is 10.2. The number of hydrogen-bond donors (Lipinski definition) is 4. The molecule has 0 amide bonds. The molecule has 0 aromatic heterocycles. The zero-order valence-corrected chi connectivity index (χ0v) is 34.3. The van der Waals surface area contributed by atoms with E-state index in [1.807, 2.05) is 4.90 Å². The van der Waals surface area contributed by atoms with Crippen LogP contribution in [0.15, 0.2) is 0 Å². The molecule has 17 nitrogen and oxygen atoms in total. The van der Waals surface area contributed by atoms with Gasteiger partial charge in [0.25, 0.3) is 0 Å². The Morgan fingerprint density at radius 1 is 0.480 bits per heavy atom. The molecule has 0 aromatic carbocycles. The largest absolute Gasteiger partial charge is 0.389 e. The summed E-state index contributed by atoms with van der Waals surface area (Å²) in [7, 11) is 7.90. The average molecular weight is 795 g/mol. The molecule has 3 unspecified atom stereocenters. The minimum atomic E-state index is -2.05. The van der Waals surface area contributed by atoms with E-state index < -0.39 is 50.9 Å². The molecular formula is C30H70N2O15S3. The molecule has 0 radical (unpaired) electrons. The van der Waals surface area contributed by atoms with Gasteiger partial charge in [-0.15, -0.1) is 0 Å². The Morgan fingerprint density at radius 2 is 0.820 bits per heavy atom. The molecule has 3 atom stereocenters. The number of ether oxygens (including phenoxy) is 3. The minimum absolute atomic E-state index is 0.123. The van der Waals surface area contributed by atoms with Gasteiger partial charge < -0.3 is 34.8 Å². The molecule has 0 saturated carbocycles. The van der Waals surface area contributed by atoms with Crippen LogP contribution in [-0.4, -0.2) is 192 Å². The Bertz CT molecular complexity index is 750. The molecule has 0 aliphatic rings.